The number of pyridine rings is 2. The number of hydrogen-bond donors (Lipinski definition) is 0. The van der Waals surface area contributed by atoms with E-state index >= 15 is 0 Å². The topological polar surface area (TPSA) is 50.1 Å². The van der Waals surface area contributed by atoms with E-state index in [1.165, 1.54) is 0 Å². The Kier molecular flexibility index (Phi) is 5.41. The summed E-state index contributed by atoms with van der Waals surface area (Å²) >= 11 is 6.58. The Morgan fingerprint density at radius 1 is 1.06 bits per heavy atom. The number of likely N-dealkylation sites (N-methyl/N-ethyl adjacent to an activating group) is 1. The zero-order chi connectivity index (χ0) is 24.3. The minimum absolute atomic E-state index is 0.0234. The van der Waals surface area contributed by atoms with Crippen LogP contribution < -0.4 is 4.90 Å². The predicted molar refractivity (Wildman–Crippen MR) is 128 cm³/mol. The van der Waals surface area contributed by atoms with Gasteiger partial charge in [-0.1, -0.05) is 11.6 Å². The van der Waals surface area contributed by atoms with E-state index in [1.807, 2.05) is 10.9 Å². The minimum Gasteiger partial charge on any atom is -0.346 e. The molecule has 6 nitrogen and oxygen atoms in total. The highest BCUT2D eigenvalue weighted by molar-refractivity contribution is 6.34. The van der Waals surface area contributed by atoms with Gasteiger partial charge in [0.1, 0.15) is 29.1 Å². The molecule has 35 heavy (non-hydrogen) atoms. The molecule has 0 N–H and O–H groups in total. The van der Waals surface area contributed by atoms with Crippen molar-refractivity contribution in [2.45, 2.75) is 24.7 Å². The van der Waals surface area contributed by atoms with E-state index in [0.29, 0.717) is 33.5 Å². The maximum Gasteiger partial charge on any atom is 0.130 e. The quantitative estimate of drug-likeness (QED) is 0.387. The van der Waals surface area contributed by atoms with Crippen LogP contribution in [0, 0.1) is 11.6 Å². The second kappa shape index (κ2) is 8.49. The first kappa shape index (κ1) is 22.3. The second-order valence-electron chi connectivity index (χ2n) is 9.27. The lowest BCUT2D eigenvalue weighted by Crippen LogP contribution is -2.45. The highest BCUT2D eigenvalue weighted by Gasteiger charge is 2.36. The van der Waals surface area contributed by atoms with Gasteiger partial charge >= 0.3 is 0 Å². The van der Waals surface area contributed by atoms with Crippen LogP contribution in [-0.4, -0.2) is 57.5 Å². The summed E-state index contributed by atoms with van der Waals surface area (Å²) in [6.07, 6.45) is 4.13. The lowest BCUT2D eigenvalue weighted by molar-refractivity contribution is 0.130. The number of benzene rings is 1. The number of hydrogen-bond acceptors (Lipinski definition) is 5. The van der Waals surface area contributed by atoms with Crippen LogP contribution in [0.2, 0.25) is 5.02 Å². The molecule has 4 aromatic rings. The number of aromatic nitrogens is 4. The molecule has 2 aliphatic rings. The zero-order valence-electron chi connectivity index (χ0n) is 18.9. The van der Waals surface area contributed by atoms with Crippen LogP contribution in [0.1, 0.15) is 24.1 Å². The van der Waals surface area contributed by atoms with Gasteiger partial charge in [0.2, 0.25) is 0 Å². The first-order valence-electron chi connectivity index (χ1n) is 11.4. The summed E-state index contributed by atoms with van der Waals surface area (Å²) in [4.78, 5) is 13.1. The summed E-state index contributed by atoms with van der Waals surface area (Å²) in [6.45, 7) is 1.87. The Morgan fingerprint density at radius 3 is 2.69 bits per heavy atom. The lowest BCUT2D eigenvalue weighted by Gasteiger charge is -2.36. The molecule has 0 aliphatic carbocycles. The predicted octanol–water partition coefficient (Wildman–Crippen LogP) is 5.20. The van der Waals surface area contributed by atoms with Crippen molar-refractivity contribution in [2.75, 3.05) is 31.6 Å². The third kappa shape index (κ3) is 3.92. The maximum absolute atomic E-state index is 14.6. The van der Waals surface area contributed by atoms with Crippen molar-refractivity contribution in [1.29, 1.82) is 0 Å². The van der Waals surface area contributed by atoms with E-state index in [2.05, 4.69) is 22.0 Å². The molecule has 3 aromatic heterocycles. The molecule has 0 amide bonds. The molecule has 6 rings (SSSR count). The molecule has 180 valence electrons. The molecule has 10 heteroatoms. The summed E-state index contributed by atoms with van der Waals surface area (Å²) < 4.78 is 45.0. The van der Waals surface area contributed by atoms with Crippen LogP contribution in [0.4, 0.5) is 19.0 Å². The van der Waals surface area contributed by atoms with Gasteiger partial charge in [0, 0.05) is 48.6 Å². The van der Waals surface area contributed by atoms with Crippen molar-refractivity contribution in [3.8, 4) is 11.1 Å². The monoisotopic (exact) mass is 498 g/mol. The molecular formula is C25H22ClF3N6. The van der Waals surface area contributed by atoms with Crippen LogP contribution in [0.15, 0.2) is 48.9 Å². The standard InChI is InChI=1S/C25H22ClF3N6/c1-33-12-17(13-33)35-10-14(8-31-35)24-19(26)9-30-21-4-5-23(32-25(21)24)34-11-16(28)7-22(34)18-6-15(27)2-3-20(18)29/h2-6,8-10,16-17,22H,7,11-13H2,1H3/t16-,22+/m0/s1. The highest BCUT2D eigenvalue weighted by atomic mass is 35.5. The average Bonchev–Trinajstić information content (AvgIpc) is 3.45. The number of likely N-dealkylation sites (tertiary alicyclic amines) is 1. The molecule has 0 unspecified atom stereocenters. The molecule has 2 saturated heterocycles. The van der Waals surface area contributed by atoms with Crippen molar-refractivity contribution in [1.82, 2.24) is 24.6 Å². The summed E-state index contributed by atoms with van der Waals surface area (Å²) in [6, 6.07) is 6.39. The van der Waals surface area contributed by atoms with Crippen molar-refractivity contribution in [2.24, 2.45) is 0 Å². The molecule has 5 heterocycles. The highest BCUT2D eigenvalue weighted by Crippen LogP contribution is 2.40. The van der Waals surface area contributed by atoms with Gasteiger partial charge < -0.3 is 9.80 Å². The smallest absolute Gasteiger partial charge is 0.130 e. The Balaban J connectivity index is 1.43. The molecular weight excluding hydrogens is 477 g/mol. The fourth-order valence-corrected chi connectivity index (χ4v) is 5.32. The summed E-state index contributed by atoms with van der Waals surface area (Å²) in [5, 5.41) is 4.94. The van der Waals surface area contributed by atoms with Gasteiger partial charge in [-0.3, -0.25) is 9.67 Å². The Bertz CT molecular complexity index is 1420. The van der Waals surface area contributed by atoms with Gasteiger partial charge in [0.15, 0.2) is 0 Å². The Morgan fingerprint density at radius 2 is 1.89 bits per heavy atom. The fourth-order valence-electron chi connectivity index (χ4n) is 5.07. The van der Waals surface area contributed by atoms with Crippen molar-refractivity contribution < 1.29 is 13.2 Å². The molecule has 2 fully saturated rings. The molecule has 0 spiro atoms. The number of rotatable bonds is 4. The molecule has 2 aliphatic heterocycles. The third-order valence-corrected chi connectivity index (χ3v) is 7.11. The van der Waals surface area contributed by atoms with Crippen LogP contribution in [0.5, 0.6) is 0 Å². The first-order chi connectivity index (χ1) is 16.9. The van der Waals surface area contributed by atoms with E-state index in [1.54, 1.807) is 29.4 Å². The van der Waals surface area contributed by atoms with Gasteiger partial charge in [0.25, 0.3) is 0 Å². The van der Waals surface area contributed by atoms with Crippen LogP contribution in [0.25, 0.3) is 22.2 Å². The fraction of sp³-hybridized carbons (Fsp3) is 0.320. The SMILES string of the molecule is CN1CC(n2cc(-c3c(Cl)cnc4ccc(N5C[C@@H](F)C[C@@H]5c5cc(F)ccc5F)nc34)cn2)C1. The van der Waals surface area contributed by atoms with Crippen molar-refractivity contribution in [3.63, 3.8) is 0 Å². The van der Waals surface area contributed by atoms with Gasteiger partial charge in [-0.05, 0) is 37.4 Å². The van der Waals surface area contributed by atoms with Crippen LogP contribution in [0.3, 0.4) is 0 Å². The number of halogens is 4. The van der Waals surface area contributed by atoms with E-state index < -0.39 is 23.8 Å². The lowest BCUT2D eigenvalue weighted by atomic mass is 10.0. The summed E-state index contributed by atoms with van der Waals surface area (Å²) in [5.74, 6) is -0.691. The van der Waals surface area contributed by atoms with Gasteiger partial charge in [0.05, 0.1) is 35.4 Å². The zero-order valence-corrected chi connectivity index (χ0v) is 19.6. The normalized spacial score (nSPS) is 21.1. The molecule has 0 bridgehead atoms. The van der Waals surface area contributed by atoms with Crippen LogP contribution >= 0.6 is 11.6 Å². The molecule has 1 aromatic carbocycles. The van der Waals surface area contributed by atoms with Crippen molar-refractivity contribution in [3.05, 3.63) is 71.1 Å². The van der Waals surface area contributed by atoms with Crippen LogP contribution in [-0.2, 0) is 0 Å². The van der Waals surface area contributed by atoms with Gasteiger partial charge in [-0.15, -0.1) is 0 Å². The second-order valence-corrected chi connectivity index (χ2v) is 9.68. The largest absolute Gasteiger partial charge is 0.346 e. The Labute approximate surface area is 205 Å². The number of anilines is 1. The Hall–Kier alpha value is -3.17. The maximum atomic E-state index is 14.6. The van der Waals surface area contributed by atoms with E-state index in [9.17, 15) is 13.2 Å². The van der Waals surface area contributed by atoms with E-state index in [4.69, 9.17) is 16.6 Å². The summed E-state index contributed by atoms with van der Waals surface area (Å²) in [5.41, 5.74) is 2.76. The van der Waals surface area contributed by atoms with E-state index in [0.717, 1.165) is 36.9 Å². The van der Waals surface area contributed by atoms with Gasteiger partial charge in [-0.25, -0.2) is 18.2 Å². The molecule has 0 saturated carbocycles. The molecule has 0 radical (unpaired) electrons. The first-order valence-corrected chi connectivity index (χ1v) is 11.8. The average molecular weight is 499 g/mol. The van der Waals surface area contributed by atoms with E-state index in [-0.39, 0.29) is 18.5 Å². The number of nitrogens with zero attached hydrogens (tertiary/aromatic N) is 6. The number of alkyl halides is 1. The van der Waals surface area contributed by atoms with Gasteiger partial charge in [-0.2, -0.15) is 5.10 Å². The summed E-state index contributed by atoms with van der Waals surface area (Å²) in [7, 11) is 2.06. The number of fused-ring (bicyclic) bond motifs is 1. The van der Waals surface area contributed by atoms with Crippen molar-refractivity contribution >= 4 is 28.5 Å². The third-order valence-electron chi connectivity index (χ3n) is 6.82. The molecule has 2 atom stereocenters. The minimum atomic E-state index is -1.20.